The van der Waals surface area contributed by atoms with Crippen LogP contribution >= 0.6 is 0 Å². The number of hydrogen-bond donors (Lipinski definition) is 0. The van der Waals surface area contributed by atoms with Gasteiger partial charge >= 0.3 is 0 Å². The summed E-state index contributed by atoms with van der Waals surface area (Å²) in [7, 11) is 0. The number of hydrogen-bond acceptors (Lipinski definition) is 4. The van der Waals surface area contributed by atoms with Gasteiger partial charge in [0.25, 0.3) is 5.91 Å². The lowest BCUT2D eigenvalue weighted by molar-refractivity contribution is 0.0730. The van der Waals surface area contributed by atoms with Gasteiger partial charge in [-0.05, 0) is 45.7 Å². The highest BCUT2D eigenvalue weighted by atomic mass is 16.5. The molecule has 3 aromatic rings. The molecule has 1 amide bonds. The fourth-order valence-corrected chi connectivity index (χ4v) is 3.89. The first-order valence-corrected chi connectivity index (χ1v) is 10.8. The monoisotopic (exact) mass is 403 g/mol. The van der Waals surface area contributed by atoms with Crippen LogP contribution in [0.25, 0.3) is 11.3 Å². The Morgan fingerprint density at radius 3 is 2.43 bits per heavy atom. The molecule has 0 aliphatic heterocycles. The zero-order chi connectivity index (χ0) is 21.1. The van der Waals surface area contributed by atoms with Crippen LogP contribution in [-0.4, -0.2) is 35.1 Å². The third kappa shape index (κ3) is 4.11. The van der Waals surface area contributed by atoms with Gasteiger partial charge in [0.05, 0.1) is 12.1 Å². The first-order chi connectivity index (χ1) is 14.6. The summed E-state index contributed by atoms with van der Waals surface area (Å²) in [5, 5.41) is 4.43. The molecule has 1 aliphatic rings. The van der Waals surface area contributed by atoms with E-state index in [1.807, 2.05) is 66.4 Å². The number of anilines is 1. The van der Waals surface area contributed by atoms with Crippen molar-refractivity contribution in [1.82, 2.24) is 10.1 Å². The highest BCUT2D eigenvalue weighted by Crippen LogP contribution is 2.36. The fraction of sp³-hybridized carbons (Fsp3) is 0.360. The zero-order valence-electron chi connectivity index (χ0n) is 18.0. The summed E-state index contributed by atoms with van der Waals surface area (Å²) >= 11 is 0. The van der Waals surface area contributed by atoms with Gasteiger partial charge in [-0.15, -0.1) is 0 Å². The minimum Gasteiger partial charge on any atom is -0.341 e. The largest absolute Gasteiger partial charge is 0.341 e. The molecule has 30 heavy (non-hydrogen) atoms. The summed E-state index contributed by atoms with van der Waals surface area (Å²) in [4.78, 5) is 17.6. The molecule has 0 unspecified atom stereocenters. The van der Waals surface area contributed by atoms with E-state index >= 15 is 0 Å². The molecule has 0 spiro atoms. The van der Waals surface area contributed by atoms with Gasteiger partial charge in [0.2, 0.25) is 5.88 Å². The summed E-state index contributed by atoms with van der Waals surface area (Å²) < 4.78 is 5.84. The number of aromatic nitrogens is 1. The Labute approximate surface area is 178 Å². The number of amides is 1. The second-order valence-electron chi connectivity index (χ2n) is 7.89. The van der Waals surface area contributed by atoms with Gasteiger partial charge in [-0.2, -0.15) is 0 Å². The van der Waals surface area contributed by atoms with Crippen molar-refractivity contribution < 1.29 is 9.32 Å². The van der Waals surface area contributed by atoms with E-state index in [4.69, 9.17) is 4.52 Å². The second kappa shape index (κ2) is 8.74. The molecule has 1 aliphatic carbocycles. The smallest absolute Gasteiger partial charge is 0.254 e. The van der Waals surface area contributed by atoms with E-state index in [9.17, 15) is 4.79 Å². The fourth-order valence-electron chi connectivity index (χ4n) is 3.89. The molecule has 0 N–H and O–H groups in total. The highest BCUT2D eigenvalue weighted by Gasteiger charge is 2.35. The summed E-state index contributed by atoms with van der Waals surface area (Å²) in [6.45, 7) is 8.37. The lowest BCUT2D eigenvalue weighted by atomic mass is 10.1. The number of aryl methyl sites for hydroxylation is 1. The summed E-state index contributed by atoms with van der Waals surface area (Å²) in [5.74, 6) is 0.841. The molecule has 1 saturated carbocycles. The molecule has 5 nitrogen and oxygen atoms in total. The number of rotatable bonds is 8. The number of benzene rings is 2. The minimum atomic E-state index is 0.0758. The third-order valence-corrected chi connectivity index (χ3v) is 5.71. The van der Waals surface area contributed by atoms with E-state index in [-0.39, 0.29) is 11.9 Å². The maximum Gasteiger partial charge on any atom is 0.254 e. The van der Waals surface area contributed by atoms with E-state index in [2.05, 4.69) is 23.9 Å². The van der Waals surface area contributed by atoms with Gasteiger partial charge in [0.15, 0.2) is 0 Å². The molecule has 0 bridgehead atoms. The van der Waals surface area contributed by atoms with Gasteiger partial charge in [0, 0.05) is 30.3 Å². The van der Waals surface area contributed by atoms with Gasteiger partial charge in [-0.3, -0.25) is 4.79 Å². The van der Waals surface area contributed by atoms with Crippen molar-refractivity contribution in [2.75, 3.05) is 18.0 Å². The van der Waals surface area contributed by atoms with Crippen molar-refractivity contribution in [3.63, 3.8) is 0 Å². The molecule has 0 atom stereocenters. The Bertz CT molecular complexity index is 1000. The lowest BCUT2D eigenvalue weighted by Gasteiger charge is -2.25. The molecular weight excluding hydrogens is 374 g/mol. The van der Waals surface area contributed by atoms with Crippen LogP contribution in [0.1, 0.15) is 48.2 Å². The summed E-state index contributed by atoms with van der Waals surface area (Å²) in [6.07, 6.45) is 2.09. The molecule has 4 rings (SSSR count). The average molecular weight is 404 g/mol. The van der Waals surface area contributed by atoms with Crippen LogP contribution in [0, 0.1) is 6.92 Å². The topological polar surface area (TPSA) is 49.6 Å². The first kappa shape index (κ1) is 20.2. The molecule has 0 saturated heterocycles. The number of carbonyl (C=O) groups excluding carboxylic acids is 1. The van der Waals surface area contributed by atoms with Gasteiger partial charge in [0.1, 0.15) is 5.69 Å². The van der Waals surface area contributed by atoms with Gasteiger partial charge in [-0.25, -0.2) is 0 Å². The Kier molecular flexibility index (Phi) is 5.88. The lowest BCUT2D eigenvalue weighted by Crippen LogP contribution is -2.33. The predicted molar refractivity (Wildman–Crippen MR) is 120 cm³/mol. The third-order valence-electron chi connectivity index (χ3n) is 5.71. The maximum atomic E-state index is 13.4. The van der Waals surface area contributed by atoms with Crippen LogP contribution in [0.3, 0.4) is 0 Å². The Hall–Kier alpha value is -3.08. The number of nitrogens with zero attached hydrogens (tertiary/aromatic N) is 3. The maximum absolute atomic E-state index is 13.4. The van der Waals surface area contributed by atoms with Crippen molar-refractivity contribution in [2.45, 2.75) is 46.2 Å². The highest BCUT2D eigenvalue weighted by molar-refractivity contribution is 5.95. The molecule has 5 heteroatoms. The van der Waals surface area contributed by atoms with Crippen molar-refractivity contribution in [3.8, 4) is 11.3 Å². The van der Waals surface area contributed by atoms with Crippen LogP contribution in [0.2, 0.25) is 0 Å². The van der Waals surface area contributed by atoms with Crippen molar-refractivity contribution in [2.24, 2.45) is 0 Å². The summed E-state index contributed by atoms with van der Waals surface area (Å²) in [5.41, 5.74) is 4.64. The average Bonchev–Trinajstić information content (AvgIpc) is 3.53. The van der Waals surface area contributed by atoms with Crippen LogP contribution in [-0.2, 0) is 6.54 Å². The van der Waals surface area contributed by atoms with Crippen LogP contribution in [0.4, 0.5) is 5.88 Å². The number of carbonyl (C=O) groups is 1. The molecule has 1 fully saturated rings. The SMILES string of the molecule is CCN(CC)c1onc(-c2ccccc2)c1CN(C(=O)c1cccc(C)c1)C1CC1. The van der Waals surface area contributed by atoms with E-state index in [0.717, 1.165) is 59.8 Å². The van der Waals surface area contributed by atoms with E-state index in [0.29, 0.717) is 6.54 Å². The molecular formula is C25H29N3O2. The molecule has 156 valence electrons. The minimum absolute atomic E-state index is 0.0758. The van der Waals surface area contributed by atoms with Crippen molar-refractivity contribution >= 4 is 11.8 Å². The van der Waals surface area contributed by atoms with E-state index in [1.165, 1.54) is 0 Å². The van der Waals surface area contributed by atoms with Crippen LogP contribution in [0.15, 0.2) is 59.1 Å². The quantitative estimate of drug-likeness (QED) is 0.512. The van der Waals surface area contributed by atoms with Gasteiger partial charge < -0.3 is 14.3 Å². The summed E-state index contributed by atoms with van der Waals surface area (Å²) in [6, 6.07) is 18.2. The van der Waals surface area contributed by atoms with Crippen molar-refractivity contribution in [1.29, 1.82) is 0 Å². The zero-order valence-corrected chi connectivity index (χ0v) is 18.0. The normalized spacial score (nSPS) is 13.3. The Morgan fingerprint density at radius 2 is 1.80 bits per heavy atom. The molecule has 1 heterocycles. The molecule has 2 aromatic carbocycles. The molecule has 1 aromatic heterocycles. The molecule has 0 radical (unpaired) electrons. The first-order valence-electron chi connectivity index (χ1n) is 10.8. The van der Waals surface area contributed by atoms with E-state index < -0.39 is 0 Å². The van der Waals surface area contributed by atoms with Crippen LogP contribution in [0.5, 0.6) is 0 Å². The van der Waals surface area contributed by atoms with Gasteiger partial charge in [-0.1, -0.05) is 53.2 Å². The van der Waals surface area contributed by atoms with E-state index in [1.54, 1.807) is 0 Å². The second-order valence-corrected chi connectivity index (χ2v) is 7.89. The van der Waals surface area contributed by atoms with Crippen molar-refractivity contribution in [3.05, 3.63) is 71.3 Å². The Morgan fingerprint density at radius 1 is 1.07 bits per heavy atom. The standard InChI is InChI=1S/C25H29N3O2/c1-4-27(5-2)25-22(23(26-30-25)19-11-7-6-8-12-19)17-28(21-14-15-21)24(29)20-13-9-10-18(3)16-20/h6-13,16,21H,4-5,14-15,17H2,1-3H3. The Balaban J connectivity index is 1.73. The predicted octanol–water partition coefficient (Wildman–Crippen LogP) is 5.30. The van der Waals surface area contributed by atoms with Crippen LogP contribution < -0.4 is 4.90 Å².